The molecule has 8 atom stereocenters. The molecule has 1 heterocycles. The monoisotopic (exact) mass is 1010 g/mol. The van der Waals surface area contributed by atoms with Crippen molar-refractivity contribution >= 4 is 11.9 Å². The van der Waals surface area contributed by atoms with Gasteiger partial charge in [0.2, 0.25) is 5.91 Å². The van der Waals surface area contributed by atoms with Gasteiger partial charge in [0.05, 0.1) is 25.4 Å². The second-order valence-electron chi connectivity index (χ2n) is 20.0. The van der Waals surface area contributed by atoms with Gasteiger partial charge in [-0.25, -0.2) is 0 Å². The first-order chi connectivity index (χ1) is 35.2. The van der Waals surface area contributed by atoms with Gasteiger partial charge in [-0.3, -0.25) is 9.59 Å². The zero-order valence-corrected chi connectivity index (χ0v) is 45.8. The van der Waals surface area contributed by atoms with Crippen LogP contribution in [-0.4, -0.2) is 99.6 Å². The molecule has 1 rings (SSSR count). The molecule has 0 aromatic rings. The number of hydrogen-bond donors (Lipinski definition) is 6. The van der Waals surface area contributed by atoms with E-state index in [1.54, 1.807) is 6.08 Å². The highest BCUT2D eigenvalue weighted by Gasteiger charge is 2.47. The molecule has 0 aliphatic carbocycles. The topological polar surface area (TPSA) is 175 Å². The smallest absolute Gasteiger partial charge is 0.306 e. The van der Waals surface area contributed by atoms with Crippen LogP contribution in [0.15, 0.2) is 72.9 Å². The maximum absolute atomic E-state index is 13.4. The normalized spacial score (nSPS) is 20.0. The van der Waals surface area contributed by atoms with Crippen molar-refractivity contribution in [2.75, 3.05) is 13.2 Å². The summed E-state index contributed by atoms with van der Waals surface area (Å²) in [5.41, 5.74) is 0. The maximum Gasteiger partial charge on any atom is 0.306 e. The van der Waals surface area contributed by atoms with E-state index in [2.05, 4.69) is 74.7 Å². The van der Waals surface area contributed by atoms with E-state index in [1.807, 2.05) is 18.2 Å². The Hall–Kier alpha value is -2.90. The number of unbranched alkanes of at least 4 members (excludes halogenated alkanes) is 24. The molecule has 11 nitrogen and oxygen atoms in total. The predicted octanol–water partition coefficient (Wildman–Crippen LogP) is 13.2. The minimum Gasteiger partial charge on any atom is -0.454 e. The first-order valence-corrected chi connectivity index (χ1v) is 29.2. The van der Waals surface area contributed by atoms with Crippen LogP contribution in [0.4, 0.5) is 0 Å². The van der Waals surface area contributed by atoms with Crippen LogP contribution in [0.1, 0.15) is 239 Å². The van der Waals surface area contributed by atoms with E-state index in [1.165, 1.54) is 116 Å². The van der Waals surface area contributed by atoms with Crippen molar-refractivity contribution in [3.63, 3.8) is 0 Å². The van der Waals surface area contributed by atoms with Gasteiger partial charge in [-0.15, -0.1) is 0 Å². The predicted molar refractivity (Wildman–Crippen MR) is 296 cm³/mol. The zero-order valence-electron chi connectivity index (χ0n) is 45.8. The van der Waals surface area contributed by atoms with Crippen LogP contribution in [0.5, 0.6) is 0 Å². The van der Waals surface area contributed by atoms with Crippen LogP contribution in [0, 0.1) is 0 Å². The molecule has 1 saturated heterocycles. The van der Waals surface area contributed by atoms with E-state index in [0.29, 0.717) is 12.8 Å². The molecule has 0 spiro atoms. The number of esters is 1. The number of aliphatic hydroxyl groups is 5. The highest BCUT2D eigenvalue weighted by molar-refractivity contribution is 5.80. The molecule has 1 amide bonds. The first kappa shape index (κ1) is 67.1. The third-order valence-corrected chi connectivity index (χ3v) is 13.3. The fraction of sp³-hybridized carbons (Fsp3) is 0.770. The number of hydrogen-bond acceptors (Lipinski definition) is 10. The van der Waals surface area contributed by atoms with Gasteiger partial charge in [0.15, 0.2) is 12.4 Å². The first-order valence-electron chi connectivity index (χ1n) is 29.2. The number of amides is 1. The lowest BCUT2D eigenvalue weighted by atomic mass is 9.99. The van der Waals surface area contributed by atoms with E-state index in [-0.39, 0.29) is 19.4 Å². The molecule has 0 aromatic carbocycles. The lowest BCUT2D eigenvalue weighted by Gasteiger charge is -2.41. The van der Waals surface area contributed by atoms with Gasteiger partial charge in [-0.05, 0) is 89.9 Å². The van der Waals surface area contributed by atoms with Crippen LogP contribution >= 0.6 is 0 Å². The lowest BCUT2D eigenvalue weighted by Crippen LogP contribution is -2.61. The van der Waals surface area contributed by atoms with Gasteiger partial charge in [-0.1, -0.05) is 216 Å². The Kier molecular flexibility index (Phi) is 45.7. The maximum atomic E-state index is 13.4. The van der Waals surface area contributed by atoms with Crippen molar-refractivity contribution in [3.05, 3.63) is 72.9 Å². The van der Waals surface area contributed by atoms with Crippen molar-refractivity contribution in [1.82, 2.24) is 5.32 Å². The van der Waals surface area contributed by atoms with Crippen LogP contribution in [0.3, 0.4) is 0 Å². The molecule has 1 aliphatic heterocycles. The summed E-state index contributed by atoms with van der Waals surface area (Å²) in [7, 11) is 0. The minimum atomic E-state index is -1.63. The van der Waals surface area contributed by atoms with Crippen LogP contribution < -0.4 is 5.32 Å². The Morgan fingerprint density at radius 3 is 1.47 bits per heavy atom. The van der Waals surface area contributed by atoms with E-state index >= 15 is 0 Å². The molecule has 8 unspecified atom stereocenters. The van der Waals surface area contributed by atoms with Crippen LogP contribution in [-0.2, 0) is 23.8 Å². The number of rotatable bonds is 48. The van der Waals surface area contributed by atoms with Gasteiger partial charge in [0.25, 0.3) is 0 Å². The Morgan fingerprint density at radius 2 is 0.958 bits per heavy atom. The number of carbonyl (C=O) groups excluding carboxylic acids is 2. The molecule has 1 fully saturated rings. The van der Waals surface area contributed by atoms with Gasteiger partial charge in [0, 0.05) is 6.42 Å². The van der Waals surface area contributed by atoms with Gasteiger partial charge < -0.3 is 45.1 Å². The fourth-order valence-electron chi connectivity index (χ4n) is 8.64. The lowest BCUT2D eigenvalue weighted by molar-refractivity contribution is -0.305. The molecular weight excluding hydrogens is 907 g/mol. The summed E-state index contributed by atoms with van der Waals surface area (Å²) >= 11 is 0. The van der Waals surface area contributed by atoms with E-state index < -0.39 is 67.4 Å². The molecule has 11 heteroatoms. The quantitative estimate of drug-likeness (QED) is 0.0195. The largest absolute Gasteiger partial charge is 0.454 e. The highest BCUT2D eigenvalue weighted by Crippen LogP contribution is 2.26. The van der Waals surface area contributed by atoms with Crippen molar-refractivity contribution in [2.45, 2.75) is 288 Å². The van der Waals surface area contributed by atoms with E-state index in [9.17, 15) is 35.1 Å². The average Bonchev–Trinajstić information content (AvgIpc) is 3.38. The zero-order chi connectivity index (χ0) is 52.5. The summed E-state index contributed by atoms with van der Waals surface area (Å²) in [6, 6.07) is -1.06. The molecule has 6 N–H and O–H groups in total. The summed E-state index contributed by atoms with van der Waals surface area (Å²) in [5, 5.41) is 56.7. The van der Waals surface area contributed by atoms with Crippen molar-refractivity contribution in [3.8, 4) is 0 Å². The molecule has 0 aromatic heterocycles. The Bertz CT molecular complexity index is 1440. The van der Waals surface area contributed by atoms with Crippen LogP contribution in [0.25, 0.3) is 0 Å². The summed E-state index contributed by atoms with van der Waals surface area (Å²) in [6.45, 7) is 5.70. The van der Waals surface area contributed by atoms with E-state index in [4.69, 9.17) is 14.2 Å². The molecule has 0 radical (unpaired) electrons. The molecular formula is C61H107NO10. The second-order valence-corrected chi connectivity index (χ2v) is 20.0. The van der Waals surface area contributed by atoms with Gasteiger partial charge in [-0.2, -0.15) is 0 Å². The van der Waals surface area contributed by atoms with E-state index in [0.717, 1.165) is 77.0 Å². The average molecular weight is 1010 g/mol. The number of nitrogens with one attached hydrogen (secondary N) is 1. The minimum absolute atomic E-state index is 0.0947. The molecule has 1 aliphatic rings. The highest BCUT2D eigenvalue weighted by atomic mass is 16.7. The van der Waals surface area contributed by atoms with Gasteiger partial charge >= 0.3 is 5.97 Å². The SMILES string of the molecule is CCCCC/C=C\C/C=C\C/C=C\C/C=C\CCC(O)C(=O)NC(COC1OC(CO)C(O)C(O)C1OC(=O)CCCCC/C=C\CCCCCCCCC)C(O)/C=C/CCCCCCCCCCCCC. The van der Waals surface area contributed by atoms with Gasteiger partial charge in [0.1, 0.15) is 24.4 Å². The number of carbonyl (C=O) groups is 2. The van der Waals surface area contributed by atoms with Crippen molar-refractivity contribution < 1.29 is 49.3 Å². The van der Waals surface area contributed by atoms with Crippen molar-refractivity contribution in [1.29, 1.82) is 0 Å². The number of aliphatic hydroxyl groups excluding tert-OH is 5. The molecule has 416 valence electrons. The van der Waals surface area contributed by atoms with Crippen molar-refractivity contribution in [2.24, 2.45) is 0 Å². The number of allylic oxidation sites excluding steroid dienone is 11. The molecule has 0 bridgehead atoms. The summed E-state index contributed by atoms with van der Waals surface area (Å²) in [6.07, 6.45) is 50.9. The Labute approximate surface area is 439 Å². The number of ether oxygens (including phenoxy) is 3. The second kappa shape index (κ2) is 49.0. The van der Waals surface area contributed by atoms with Crippen LogP contribution in [0.2, 0.25) is 0 Å². The third-order valence-electron chi connectivity index (χ3n) is 13.3. The third kappa shape index (κ3) is 36.9. The summed E-state index contributed by atoms with van der Waals surface area (Å²) in [5.74, 6) is -1.27. The Balaban J connectivity index is 2.80. The summed E-state index contributed by atoms with van der Waals surface area (Å²) < 4.78 is 17.5. The summed E-state index contributed by atoms with van der Waals surface area (Å²) in [4.78, 5) is 26.4. The fourth-order valence-corrected chi connectivity index (χ4v) is 8.64. The Morgan fingerprint density at radius 1 is 0.542 bits per heavy atom. The molecule has 72 heavy (non-hydrogen) atoms. The molecule has 0 saturated carbocycles. The standard InChI is InChI=1S/C61H107NO10/c1-4-7-10-13-16-19-22-25-27-28-30-33-36-39-42-45-48-54(65)60(69)62-52(53(64)47-44-41-38-35-32-29-24-21-18-15-12-9-6-3)51-70-61-59(58(68)57(67)55(50-63)71-61)72-56(66)49-46-43-40-37-34-31-26-23-20-17-14-11-8-5-2/h16,19,25,27,30-31,33-34,39,42,44,47,52-55,57-59,61,63-65,67-68H,4-15,17-18,20-24,26,28-29,32,35-38,40-41,43,45-46,48-51H2,1-3H3,(H,62,69)/b19-16-,27-25-,33-30-,34-31-,42-39-,47-44+.